The molecule has 0 bridgehead atoms. The van der Waals surface area contributed by atoms with Gasteiger partial charge in [-0.3, -0.25) is 4.90 Å². The van der Waals surface area contributed by atoms with E-state index >= 15 is 0 Å². The molecule has 2 aliphatic heterocycles. The van der Waals surface area contributed by atoms with Crippen molar-refractivity contribution in [3.8, 4) is 11.7 Å². The van der Waals surface area contributed by atoms with Crippen LogP contribution in [0.5, 0.6) is 5.88 Å². The summed E-state index contributed by atoms with van der Waals surface area (Å²) in [7, 11) is 0. The van der Waals surface area contributed by atoms with E-state index in [1.807, 2.05) is 19.1 Å². The predicted octanol–water partition coefficient (Wildman–Crippen LogP) is 5.14. The van der Waals surface area contributed by atoms with Crippen LogP contribution in [0.2, 0.25) is 0 Å². The monoisotopic (exact) mass is 570 g/mol. The van der Waals surface area contributed by atoms with Crippen molar-refractivity contribution >= 4 is 11.5 Å². The highest BCUT2D eigenvalue weighted by molar-refractivity contribution is 5.90. The zero-order chi connectivity index (χ0) is 29.2. The maximum atomic E-state index is 11.7. The summed E-state index contributed by atoms with van der Waals surface area (Å²) in [6, 6.07) is 10.7. The second-order valence-electron chi connectivity index (χ2n) is 11.2. The van der Waals surface area contributed by atoms with Crippen molar-refractivity contribution in [2.45, 2.75) is 59.1 Å². The van der Waals surface area contributed by atoms with E-state index in [9.17, 15) is 9.90 Å². The Labute approximate surface area is 246 Å². The molecule has 1 aliphatic carbocycles. The zero-order valence-electron chi connectivity index (χ0n) is 24.6. The van der Waals surface area contributed by atoms with Gasteiger partial charge in [0, 0.05) is 18.7 Å². The molecule has 0 radical (unpaired) electrons. The van der Waals surface area contributed by atoms with Gasteiger partial charge in [-0.05, 0) is 86.4 Å². The van der Waals surface area contributed by atoms with E-state index in [1.165, 1.54) is 38.7 Å². The molecule has 9 nitrogen and oxygen atoms in total. The third kappa shape index (κ3) is 5.46. The number of benzene rings is 1. The molecule has 220 valence electrons. The normalized spacial score (nSPS) is 17.7. The fourth-order valence-corrected chi connectivity index (χ4v) is 6.09. The van der Waals surface area contributed by atoms with Crippen LogP contribution in [0.1, 0.15) is 65.0 Å². The standard InChI is InChI=1S/C33H38N4O5/c1-4-41-32-28(33(38)39)17-34-37(32)30-10-6-9-29(35-30)27-8-5-7-21(2)31(27)42-18-24-12-11-23-13-15-36(25-19-40-20-25)16-14-26(23)22(24)3/h6,8-12,17,25H,4-5,7,13-16,18-20H2,1-3H3,(H,38,39). The lowest BCUT2D eigenvalue weighted by atomic mass is 9.93. The van der Waals surface area contributed by atoms with Crippen molar-refractivity contribution in [3.05, 3.63) is 87.4 Å². The predicted molar refractivity (Wildman–Crippen MR) is 159 cm³/mol. The number of ether oxygens (including phenoxy) is 3. The summed E-state index contributed by atoms with van der Waals surface area (Å²) < 4.78 is 19.1. The number of aromatic carboxylic acids is 1. The van der Waals surface area contributed by atoms with Crippen molar-refractivity contribution in [1.82, 2.24) is 19.7 Å². The van der Waals surface area contributed by atoms with Crippen LogP contribution in [0.4, 0.5) is 0 Å². The van der Waals surface area contributed by atoms with Gasteiger partial charge in [-0.15, -0.1) is 0 Å². The Morgan fingerprint density at radius 3 is 2.69 bits per heavy atom. The van der Waals surface area contributed by atoms with E-state index in [0.717, 1.165) is 69.0 Å². The van der Waals surface area contributed by atoms with Crippen LogP contribution in [-0.4, -0.2) is 69.7 Å². The second kappa shape index (κ2) is 12.1. The molecule has 3 aliphatic rings. The number of pyridine rings is 1. The Morgan fingerprint density at radius 1 is 1.10 bits per heavy atom. The van der Waals surface area contributed by atoms with Crippen LogP contribution >= 0.6 is 0 Å². The summed E-state index contributed by atoms with van der Waals surface area (Å²) in [4.78, 5) is 19.2. The number of rotatable bonds is 9. The number of carboxylic acid groups (broad SMARTS) is 1. The topological polar surface area (TPSA) is 98.9 Å². The smallest absolute Gasteiger partial charge is 0.342 e. The molecule has 2 aromatic heterocycles. The van der Waals surface area contributed by atoms with E-state index in [-0.39, 0.29) is 11.4 Å². The van der Waals surface area contributed by atoms with E-state index in [2.05, 4.69) is 42.1 Å². The first kappa shape index (κ1) is 28.2. The van der Waals surface area contributed by atoms with E-state index in [1.54, 1.807) is 6.07 Å². The maximum Gasteiger partial charge on any atom is 0.342 e. The molecule has 1 aromatic carbocycles. The average Bonchev–Trinajstić information content (AvgIpc) is 3.27. The summed E-state index contributed by atoms with van der Waals surface area (Å²) in [5.41, 5.74) is 8.32. The summed E-state index contributed by atoms with van der Waals surface area (Å²) >= 11 is 0. The number of carbonyl (C=O) groups is 1. The van der Waals surface area contributed by atoms with Gasteiger partial charge in [0.15, 0.2) is 5.82 Å². The van der Waals surface area contributed by atoms with E-state index in [0.29, 0.717) is 25.1 Å². The van der Waals surface area contributed by atoms with E-state index < -0.39 is 5.97 Å². The summed E-state index contributed by atoms with van der Waals surface area (Å²) in [6.45, 7) is 10.8. The number of fused-ring (bicyclic) bond motifs is 1. The second-order valence-corrected chi connectivity index (χ2v) is 11.2. The largest absolute Gasteiger partial charge is 0.488 e. The molecule has 1 saturated heterocycles. The van der Waals surface area contributed by atoms with Crippen LogP contribution in [0, 0.1) is 6.92 Å². The number of allylic oxidation sites excluding steroid dienone is 3. The van der Waals surface area contributed by atoms with Crippen LogP contribution in [0.3, 0.4) is 0 Å². The molecule has 1 N–H and O–H groups in total. The first-order valence-corrected chi connectivity index (χ1v) is 14.8. The van der Waals surface area contributed by atoms with Gasteiger partial charge in [-0.25, -0.2) is 9.78 Å². The number of aromatic nitrogens is 3. The zero-order valence-corrected chi connectivity index (χ0v) is 24.6. The third-order valence-corrected chi connectivity index (χ3v) is 8.60. The van der Waals surface area contributed by atoms with Gasteiger partial charge < -0.3 is 19.3 Å². The number of nitrogens with zero attached hydrogens (tertiary/aromatic N) is 4. The molecule has 0 spiro atoms. The molecule has 42 heavy (non-hydrogen) atoms. The van der Waals surface area contributed by atoms with Crippen LogP contribution in [-0.2, 0) is 28.9 Å². The molecule has 4 heterocycles. The molecular weight excluding hydrogens is 532 g/mol. The van der Waals surface area contributed by atoms with Gasteiger partial charge in [0.05, 0.1) is 37.8 Å². The molecule has 0 saturated carbocycles. The minimum atomic E-state index is -1.09. The van der Waals surface area contributed by atoms with Gasteiger partial charge in [0.25, 0.3) is 0 Å². The molecule has 9 heteroatoms. The minimum absolute atomic E-state index is 0.00147. The Bertz CT molecular complexity index is 1550. The Balaban J connectivity index is 1.23. The third-order valence-electron chi connectivity index (χ3n) is 8.60. The van der Waals surface area contributed by atoms with Crippen molar-refractivity contribution < 1.29 is 24.1 Å². The number of carboxylic acids is 1. The maximum absolute atomic E-state index is 11.7. The minimum Gasteiger partial charge on any atom is -0.488 e. The fraction of sp³-hybridized carbons (Fsp3) is 0.424. The summed E-state index contributed by atoms with van der Waals surface area (Å²) in [5, 5.41) is 13.9. The summed E-state index contributed by atoms with van der Waals surface area (Å²) in [5.74, 6) is 0.408. The number of hydrogen-bond donors (Lipinski definition) is 1. The van der Waals surface area contributed by atoms with Crippen LogP contribution < -0.4 is 4.74 Å². The number of hydrogen-bond acceptors (Lipinski definition) is 7. The molecule has 0 atom stereocenters. The van der Waals surface area contributed by atoms with Crippen molar-refractivity contribution in [2.75, 3.05) is 32.9 Å². The van der Waals surface area contributed by atoms with Gasteiger partial charge >= 0.3 is 5.97 Å². The van der Waals surface area contributed by atoms with Crippen LogP contribution in [0.15, 0.2) is 53.9 Å². The first-order chi connectivity index (χ1) is 20.4. The van der Waals surface area contributed by atoms with Crippen molar-refractivity contribution in [1.29, 1.82) is 0 Å². The van der Waals surface area contributed by atoms with E-state index in [4.69, 9.17) is 19.2 Å². The Morgan fingerprint density at radius 2 is 1.93 bits per heavy atom. The highest BCUT2D eigenvalue weighted by atomic mass is 16.5. The highest BCUT2D eigenvalue weighted by Gasteiger charge is 2.28. The summed E-state index contributed by atoms with van der Waals surface area (Å²) in [6.07, 6.45) is 7.42. The van der Waals surface area contributed by atoms with Gasteiger partial charge in [-0.1, -0.05) is 24.3 Å². The van der Waals surface area contributed by atoms with Gasteiger partial charge in [-0.2, -0.15) is 9.78 Å². The van der Waals surface area contributed by atoms with Crippen molar-refractivity contribution in [2.24, 2.45) is 0 Å². The molecule has 0 unspecified atom stereocenters. The highest BCUT2D eigenvalue weighted by Crippen LogP contribution is 2.34. The van der Waals surface area contributed by atoms with Gasteiger partial charge in [0.2, 0.25) is 5.88 Å². The molecular formula is C33H38N4O5. The molecule has 6 rings (SSSR count). The fourth-order valence-electron chi connectivity index (χ4n) is 6.09. The molecule has 0 amide bonds. The molecule has 3 aromatic rings. The first-order valence-electron chi connectivity index (χ1n) is 14.8. The average molecular weight is 571 g/mol. The Hall–Kier alpha value is -3.95. The van der Waals surface area contributed by atoms with Crippen molar-refractivity contribution in [3.63, 3.8) is 0 Å². The Kier molecular flexibility index (Phi) is 8.13. The lowest BCUT2D eigenvalue weighted by Gasteiger charge is -2.36. The van der Waals surface area contributed by atoms with Crippen LogP contribution in [0.25, 0.3) is 11.4 Å². The SMILES string of the molecule is CCOc1c(C(=O)O)cnn1-c1cccc(C2=CCCC(C)=C2OCc2ccc3c(c2C)CCN(C2COC2)CC3)n1. The molecule has 1 fully saturated rings. The van der Waals surface area contributed by atoms with Gasteiger partial charge in [0.1, 0.15) is 17.9 Å². The lowest BCUT2D eigenvalue weighted by molar-refractivity contribution is -0.0634. The lowest BCUT2D eigenvalue weighted by Crippen LogP contribution is -2.49. The quantitative estimate of drug-likeness (QED) is 0.378.